The Labute approximate surface area is 224 Å². The van der Waals surface area contributed by atoms with Crippen LogP contribution in [-0.4, -0.2) is 33.7 Å². The van der Waals surface area contributed by atoms with Crippen LogP contribution in [0.4, 0.5) is 40.8 Å². The molecule has 0 aliphatic heterocycles. The molecule has 8 nitrogen and oxygen atoms in total. The van der Waals surface area contributed by atoms with Crippen molar-refractivity contribution in [2.24, 2.45) is 7.05 Å². The number of rotatable bonds is 6. The Bertz CT molecular complexity index is 1650. The number of aromatic nitrogens is 3. The molecule has 1 N–H and O–H groups in total. The topological polar surface area (TPSA) is 87.4 Å². The average molecular weight is 588 g/mol. The summed E-state index contributed by atoms with van der Waals surface area (Å²) in [7, 11) is 2.13. The highest BCUT2D eigenvalue weighted by Gasteiger charge is 2.37. The van der Waals surface area contributed by atoms with Crippen molar-refractivity contribution in [1.82, 2.24) is 14.3 Å². The fourth-order valence-electron chi connectivity index (χ4n) is 3.92. The molecular weight excluding hydrogens is 572 g/mol. The molecule has 0 aliphatic rings. The highest BCUT2D eigenvalue weighted by atomic mass is 19.4. The van der Waals surface area contributed by atoms with Gasteiger partial charge in [-0.25, -0.2) is 13.8 Å². The summed E-state index contributed by atoms with van der Waals surface area (Å²) >= 11 is 0. The van der Waals surface area contributed by atoms with Crippen LogP contribution >= 0.6 is 0 Å². The number of amides is 1. The van der Waals surface area contributed by atoms with Crippen molar-refractivity contribution in [1.29, 1.82) is 0 Å². The number of pyridine rings is 1. The van der Waals surface area contributed by atoms with Gasteiger partial charge in [0.15, 0.2) is 5.82 Å². The molecule has 2 heterocycles. The molecule has 1 amide bonds. The van der Waals surface area contributed by atoms with Gasteiger partial charge >= 0.3 is 12.5 Å². The molecule has 0 fully saturated rings. The molecular formula is C25H16F8N4O4. The third-order valence-corrected chi connectivity index (χ3v) is 5.64. The summed E-state index contributed by atoms with van der Waals surface area (Å²) in [5.41, 5.74) is -5.50. The van der Waals surface area contributed by atoms with E-state index in [4.69, 9.17) is 4.74 Å². The third-order valence-electron chi connectivity index (χ3n) is 5.64. The lowest BCUT2D eigenvalue weighted by Gasteiger charge is -2.15. The summed E-state index contributed by atoms with van der Waals surface area (Å²) in [4.78, 5) is 30.1. The van der Waals surface area contributed by atoms with Crippen molar-refractivity contribution in [2.75, 3.05) is 12.4 Å². The molecule has 0 saturated carbocycles. The Hall–Kier alpha value is -4.89. The van der Waals surface area contributed by atoms with Gasteiger partial charge in [0.2, 0.25) is 0 Å². The maximum Gasteiger partial charge on any atom is 0.573 e. The van der Waals surface area contributed by atoms with Crippen molar-refractivity contribution >= 4 is 11.6 Å². The molecule has 4 rings (SSSR count). The van der Waals surface area contributed by atoms with E-state index in [1.54, 1.807) is 0 Å². The summed E-state index contributed by atoms with van der Waals surface area (Å²) < 4.78 is 118. The smallest absolute Gasteiger partial charge is 0.497 e. The molecule has 0 unspecified atom stereocenters. The van der Waals surface area contributed by atoms with Crippen LogP contribution in [0.2, 0.25) is 0 Å². The molecule has 0 saturated heterocycles. The number of nitrogens with zero attached hydrogens (tertiary/aromatic N) is 3. The first-order valence-corrected chi connectivity index (χ1v) is 11.2. The zero-order chi connectivity index (χ0) is 30.3. The minimum absolute atomic E-state index is 0.260. The van der Waals surface area contributed by atoms with Crippen LogP contribution in [-0.2, 0) is 13.2 Å². The molecule has 216 valence electrons. The second kappa shape index (κ2) is 10.6. The Morgan fingerprint density at radius 3 is 2.10 bits per heavy atom. The molecule has 2 aromatic carbocycles. The van der Waals surface area contributed by atoms with Gasteiger partial charge in [-0.2, -0.15) is 17.9 Å². The van der Waals surface area contributed by atoms with Gasteiger partial charge in [0.05, 0.1) is 12.7 Å². The van der Waals surface area contributed by atoms with Crippen LogP contribution in [0.25, 0.3) is 17.1 Å². The Kier molecular flexibility index (Phi) is 7.52. The average Bonchev–Trinajstić information content (AvgIpc) is 3.11. The Morgan fingerprint density at radius 1 is 0.951 bits per heavy atom. The Balaban J connectivity index is 1.91. The monoisotopic (exact) mass is 588 g/mol. The van der Waals surface area contributed by atoms with E-state index in [1.807, 2.05) is 0 Å². The van der Waals surface area contributed by atoms with E-state index in [0.29, 0.717) is 15.4 Å². The zero-order valence-corrected chi connectivity index (χ0v) is 20.7. The van der Waals surface area contributed by atoms with Gasteiger partial charge in [-0.15, -0.1) is 13.2 Å². The van der Waals surface area contributed by atoms with Gasteiger partial charge in [0.1, 0.15) is 40.1 Å². The van der Waals surface area contributed by atoms with Crippen molar-refractivity contribution in [3.8, 4) is 28.6 Å². The first-order chi connectivity index (χ1) is 19.1. The van der Waals surface area contributed by atoms with Crippen LogP contribution in [0.1, 0.15) is 15.9 Å². The normalized spacial score (nSPS) is 11.9. The largest absolute Gasteiger partial charge is 0.573 e. The number of ether oxygens (including phenoxy) is 2. The predicted molar refractivity (Wildman–Crippen MR) is 127 cm³/mol. The predicted octanol–water partition coefficient (Wildman–Crippen LogP) is 5.69. The number of nitrogens with one attached hydrogen (secondary N) is 1. The summed E-state index contributed by atoms with van der Waals surface area (Å²) in [5.74, 6) is -5.63. The number of carbonyl (C=O) groups excluding carboxylic acids is 1. The number of carbonyl (C=O) groups is 1. The SMILES string of the molecule is COc1cc(F)c(-c2c(NC(=O)c3ccc(OC(F)(F)F)cc3)c(=O)n(-c3ncccc3C(F)(F)F)n2C)c(F)c1. The molecule has 0 bridgehead atoms. The first-order valence-electron chi connectivity index (χ1n) is 11.2. The Morgan fingerprint density at radius 2 is 1.56 bits per heavy atom. The van der Waals surface area contributed by atoms with Crippen LogP contribution in [0.15, 0.2) is 59.5 Å². The van der Waals surface area contributed by atoms with E-state index in [2.05, 4.69) is 15.0 Å². The highest BCUT2D eigenvalue weighted by molar-refractivity contribution is 6.06. The number of hydrogen-bond donors (Lipinski definition) is 1. The fraction of sp³-hybridized carbons (Fsp3) is 0.160. The minimum atomic E-state index is -5.01. The van der Waals surface area contributed by atoms with Crippen LogP contribution in [0, 0.1) is 11.6 Å². The molecule has 0 atom stereocenters. The van der Waals surface area contributed by atoms with Crippen molar-refractivity contribution in [3.63, 3.8) is 0 Å². The van der Waals surface area contributed by atoms with E-state index < -0.39 is 69.7 Å². The third kappa shape index (κ3) is 5.85. The van der Waals surface area contributed by atoms with Gasteiger partial charge in [-0.1, -0.05) is 0 Å². The van der Waals surface area contributed by atoms with Crippen molar-refractivity contribution < 1.29 is 49.4 Å². The lowest BCUT2D eigenvalue weighted by molar-refractivity contribution is -0.274. The van der Waals surface area contributed by atoms with Gasteiger partial charge in [-0.3, -0.25) is 14.3 Å². The van der Waals surface area contributed by atoms with E-state index in [-0.39, 0.29) is 11.3 Å². The maximum absolute atomic E-state index is 15.1. The molecule has 0 spiro atoms. The standard InChI is InChI=1S/C25H16F8N4O4/c1-36-20(18-16(26)10-14(40-2)11-17(18)27)19(23(39)37(36)21-15(24(28,29)30)4-3-9-34-21)35-22(38)12-5-7-13(8-6-12)41-25(31,32)33/h3-11H,1-2H3,(H,35,38). The van der Waals surface area contributed by atoms with Crippen LogP contribution in [0.5, 0.6) is 11.5 Å². The number of hydrogen-bond acceptors (Lipinski definition) is 5. The second-order valence-corrected chi connectivity index (χ2v) is 8.23. The van der Waals surface area contributed by atoms with Crippen molar-refractivity contribution in [3.05, 3.63) is 87.8 Å². The molecule has 0 radical (unpaired) electrons. The highest BCUT2D eigenvalue weighted by Crippen LogP contribution is 2.36. The van der Waals surface area contributed by atoms with Gasteiger partial charge < -0.3 is 14.8 Å². The van der Waals surface area contributed by atoms with Crippen LogP contribution in [0.3, 0.4) is 0 Å². The fourth-order valence-corrected chi connectivity index (χ4v) is 3.92. The van der Waals surface area contributed by atoms with E-state index >= 15 is 8.78 Å². The van der Waals surface area contributed by atoms with Gasteiger partial charge in [0.25, 0.3) is 11.5 Å². The molecule has 41 heavy (non-hydrogen) atoms. The number of methoxy groups -OCH3 is 1. The quantitative estimate of drug-likeness (QED) is 0.293. The first kappa shape index (κ1) is 29.1. The van der Waals surface area contributed by atoms with Crippen LogP contribution < -0.4 is 20.3 Å². The number of halogens is 8. The summed E-state index contributed by atoms with van der Waals surface area (Å²) in [6.07, 6.45) is -9.07. The molecule has 0 aliphatic carbocycles. The van der Waals surface area contributed by atoms with Crippen molar-refractivity contribution in [2.45, 2.75) is 12.5 Å². The van der Waals surface area contributed by atoms with Gasteiger partial charge in [0, 0.05) is 30.9 Å². The molecule has 2 aromatic heterocycles. The van der Waals surface area contributed by atoms with E-state index in [0.717, 1.165) is 62.8 Å². The minimum Gasteiger partial charge on any atom is -0.497 e. The molecule has 4 aromatic rings. The summed E-state index contributed by atoms with van der Waals surface area (Å²) in [5, 5.41) is 2.10. The molecule has 16 heteroatoms. The zero-order valence-electron chi connectivity index (χ0n) is 20.7. The van der Waals surface area contributed by atoms with E-state index in [9.17, 15) is 35.9 Å². The van der Waals surface area contributed by atoms with E-state index in [1.165, 1.54) is 0 Å². The summed E-state index contributed by atoms with van der Waals surface area (Å²) in [6.45, 7) is 0. The second-order valence-electron chi connectivity index (χ2n) is 8.23. The lowest BCUT2D eigenvalue weighted by Crippen LogP contribution is -2.26. The number of anilines is 1. The maximum atomic E-state index is 15.1. The lowest BCUT2D eigenvalue weighted by atomic mass is 10.1. The number of benzene rings is 2. The summed E-state index contributed by atoms with van der Waals surface area (Å²) in [6, 6.07) is 6.44. The number of alkyl halides is 6. The van der Waals surface area contributed by atoms with Gasteiger partial charge in [-0.05, 0) is 36.4 Å².